The Hall–Kier alpha value is -3.32. The summed E-state index contributed by atoms with van der Waals surface area (Å²) >= 11 is 6.13. The van der Waals surface area contributed by atoms with Gasteiger partial charge in [-0.05, 0) is 36.1 Å². The molecular weight excluding hydrogens is 418 g/mol. The van der Waals surface area contributed by atoms with Crippen molar-refractivity contribution < 1.29 is 19.4 Å². The molecule has 31 heavy (non-hydrogen) atoms. The number of carboxylic acid groups (broad SMARTS) is 1. The molecule has 1 heterocycles. The van der Waals surface area contributed by atoms with Crippen LogP contribution < -0.4 is 5.32 Å². The summed E-state index contributed by atoms with van der Waals surface area (Å²) in [7, 11) is 0. The zero-order valence-electron chi connectivity index (χ0n) is 17.1. The molecule has 1 aliphatic rings. The van der Waals surface area contributed by atoms with Crippen molar-refractivity contribution in [2.75, 3.05) is 6.61 Å². The number of alkyl carbamates (subject to hydrolysis) is 1. The molecular formula is C23H22ClN3O4. The summed E-state index contributed by atoms with van der Waals surface area (Å²) in [6, 6.07) is 14.8. The number of aryl methyl sites for hydroxylation is 1. The number of ether oxygens (including phenoxy) is 1. The van der Waals surface area contributed by atoms with Gasteiger partial charge >= 0.3 is 12.1 Å². The Kier molecular flexibility index (Phi) is 5.69. The van der Waals surface area contributed by atoms with Crippen LogP contribution in [-0.4, -0.2) is 39.6 Å². The number of nitrogens with one attached hydrogen (secondary N) is 1. The summed E-state index contributed by atoms with van der Waals surface area (Å²) in [6.07, 6.45) is -0.790. The number of nitrogens with zero attached hydrogens (tertiary/aromatic N) is 2. The van der Waals surface area contributed by atoms with Gasteiger partial charge in [-0.1, -0.05) is 60.1 Å². The normalized spacial score (nSPS) is 13.4. The maximum absolute atomic E-state index is 12.4. The van der Waals surface area contributed by atoms with Crippen LogP contribution in [0.2, 0.25) is 5.02 Å². The Morgan fingerprint density at radius 2 is 1.71 bits per heavy atom. The molecule has 4 rings (SSSR count). The largest absolute Gasteiger partial charge is 0.480 e. The van der Waals surface area contributed by atoms with Crippen LogP contribution in [0.5, 0.6) is 0 Å². The number of hydrogen-bond donors (Lipinski definition) is 2. The zero-order valence-corrected chi connectivity index (χ0v) is 17.9. The van der Waals surface area contributed by atoms with Crippen molar-refractivity contribution in [1.82, 2.24) is 15.1 Å². The molecule has 2 N–H and O–H groups in total. The van der Waals surface area contributed by atoms with Crippen LogP contribution in [0.1, 0.15) is 28.4 Å². The highest BCUT2D eigenvalue weighted by molar-refractivity contribution is 6.31. The van der Waals surface area contributed by atoms with Crippen LogP contribution in [0.25, 0.3) is 11.1 Å². The molecule has 0 radical (unpaired) electrons. The van der Waals surface area contributed by atoms with Gasteiger partial charge in [-0.3, -0.25) is 4.68 Å². The van der Waals surface area contributed by atoms with Gasteiger partial charge in [-0.2, -0.15) is 5.10 Å². The van der Waals surface area contributed by atoms with E-state index in [1.54, 1.807) is 13.8 Å². The summed E-state index contributed by atoms with van der Waals surface area (Å²) in [4.78, 5) is 24.1. The summed E-state index contributed by atoms with van der Waals surface area (Å²) in [5, 5.41) is 16.7. The van der Waals surface area contributed by atoms with E-state index in [2.05, 4.69) is 10.4 Å². The fourth-order valence-corrected chi connectivity index (χ4v) is 4.13. The van der Waals surface area contributed by atoms with Crippen LogP contribution in [0.4, 0.5) is 4.79 Å². The van der Waals surface area contributed by atoms with E-state index < -0.39 is 18.1 Å². The Labute approximate surface area is 184 Å². The first-order valence-corrected chi connectivity index (χ1v) is 10.3. The molecule has 0 saturated heterocycles. The summed E-state index contributed by atoms with van der Waals surface area (Å²) in [5.74, 6) is -1.28. The Balaban J connectivity index is 1.45. The topological polar surface area (TPSA) is 93.5 Å². The van der Waals surface area contributed by atoms with Gasteiger partial charge < -0.3 is 15.2 Å². The van der Waals surface area contributed by atoms with Crippen LogP contribution in [0, 0.1) is 13.8 Å². The van der Waals surface area contributed by atoms with E-state index in [0.717, 1.165) is 22.3 Å². The average molecular weight is 440 g/mol. The SMILES string of the molecule is Cc1nn(CC(NC(=O)OCC2c3ccccc3-c3ccccc32)C(=O)O)c(C)c1Cl. The number of carbonyl (C=O) groups is 2. The first-order valence-electron chi connectivity index (χ1n) is 9.90. The van der Waals surface area contributed by atoms with Crippen molar-refractivity contribution >= 4 is 23.7 Å². The number of aromatic nitrogens is 2. The highest BCUT2D eigenvalue weighted by Gasteiger charge is 2.30. The first kappa shape index (κ1) is 20.9. The molecule has 160 valence electrons. The Bertz CT molecular complexity index is 1110. The van der Waals surface area contributed by atoms with Gasteiger partial charge in [-0.25, -0.2) is 9.59 Å². The van der Waals surface area contributed by atoms with E-state index in [-0.39, 0.29) is 19.1 Å². The molecule has 1 amide bonds. The molecule has 0 spiro atoms. The van der Waals surface area contributed by atoms with Gasteiger partial charge in [0.15, 0.2) is 0 Å². The van der Waals surface area contributed by atoms with Gasteiger partial charge in [-0.15, -0.1) is 0 Å². The molecule has 0 saturated carbocycles. The number of fused-ring (bicyclic) bond motifs is 3. The minimum atomic E-state index is -1.20. The fraction of sp³-hybridized carbons (Fsp3) is 0.261. The standard InChI is InChI=1S/C23H22ClN3O4/c1-13-21(24)14(2)27(26-13)11-20(22(28)29)25-23(30)31-12-19-17-9-5-3-7-15(17)16-8-4-6-10-18(16)19/h3-10,19-20H,11-12H2,1-2H3,(H,25,30)(H,28,29). The van der Waals surface area contributed by atoms with E-state index in [1.807, 2.05) is 48.5 Å². The maximum Gasteiger partial charge on any atom is 0.407 e. The number of aliphatic carboxylic acids is 1. The molecule has 0 fully saturated rings. The predicted octanol–water partition coefficient (Wildman–Crippen LogP) is 4.15. The molecule has 1 aliphatic carbocycles. The molecule has 3 aromatic rings. The number of rotatable bonds is 6. The van der Waals surface area contributed by atoms with Gasteiger partial charge in [0, 0.05) is 5.92 Å². The number of amides is 1. The van der Waals surface area contributed by atoms with Crippen LogP contribution in [0.3, 0.4) is 0 Å². The number of carbonyl (C=O) groups excluding carboxylic acids is 1. The Morgan fingerprint density at radius 3 is 2.23 bits per heavy atom. The quantitative estimate of drug-likeness (QED) is 0.602. The zero-order chi connectivity index (χ0) is 22.1. The van der Waals surface area contributed by atoms with Gasteiger partial charge in [0.2, 0.25) is 0 Å². The highest BCUT2D eigenvalue weighted by atomic mass is 35.5. The lowest BCUT2D eigenvalue weighted by Gasteiger charge is -2.18. The lowest BCUT2D eigenvalue weighted by Crippen LogP contribution is -2.44. The average Bonchev–Trinajstić information content (AvgIpc) is 3.21. The first-order chi connectivity index (χ1) is 14.9. The second-order valence-electron chi connectivity index (χ2n) is 7.53. The van der Waals surface area contributed by atoms with E-state index in [1.165, 1.54) is 4.68 Å². The number of halogens is 1. The van der Waals surface area contributed by atoms with Crippen molar-refractivity contribution in [3.8, 4) is 11.1 Å². The molecule has 2 aromatic carbocycles. The fourth-order valence-electron chi connectivity index (χ4n) is 3.99. The van der Waals surface area contributed by atoms with Gasteiger partial charge in [0.25, 0.3) is 0 Å². The molecule has 0 bridgehead atoms. The molecule has 1 atom stereocenters. The van der Waals surface area contributed by atoms with E-state index in [4.69, 9.17) is 16.3 Å². The molecule has 8 heteroatoms. The third-order valence-electron chi connectivity index (χ3n) is 5.58. The lowest BCUT2D eigenvalue weighted by atomic mass is 9.98. The molecule has 1 unspecified atom stereocenters. The summed E-state index contributed by atoms with van der Waals surface area (Å²) in [5.41, 5.74) is 5.66. The maximum atomic E-state index is 12.4. The molecule has 1 aromatic heterocycles. The monoisotopic (exact) mass is 439 g/mol. The van der Waals surface area contributed by atoms with E-state index >= 15 is 0 Å². The number of carboxylic acids is 1. The third kappa shape index (κ3) is 4.01. The van der Waals surface area contributed by atoms with E-state index in [0.29, 0.717) is 16.4 Å². The molecule has 7 nitrogen and oxygen atoms in total. The van der Waals surface area contributed by atoms with Gasteiger partial charge in [0.1, 0.15) is 12.6 Å². The van der Waals surface area contributed by atoms with Crippen molar-refractivity contribution in [3.05, 3.63) is 76.1 Å². The highest BCUT2D eigenvalue weighted by Crippen LogP contribution is 2.44. The Morgan fingerprint density at radius 1 is 1.13 bits per heavy atom. The van der Waals surface area contributed by atoms with E-state index in [9.17, 15) is 14.7 Å². The van der Waals surface area contributed by atoms with Crippen molar-refractivity contribution in [2.24, 2.45) is 0 Å². The minimum Gasteiger partial charge on any atom is -0.480 e. The summed E-state index contributed by atoms with van der Waals surface area (Å²) in [6.45, 7) is 3.53. The van der Waals surface area contributed by atoms with Crippen molar-refractivity contribution in [2.45, 2.75) is 32.4 Å². The second kappa shape index (κ2) is 8.43. The van der Waals surface area contributed by atoms with Crippen molar-refractivity contribution in [3.63, 3.8) is 0 Å². The van der Waals surface area contributed by atoms with Crippen molar-refractivity contribution in [1.29, 1.82) is 0 Å². The summed E-state index contributed by atoms with van der Waals surface area (Å²) < 4.78 is 6.92. The number of benzene rings is 2. The smallest absolute Gasteiger partial charge is 0.407 e. The second-order valence-corrected chi connectivity index (χ2v) is 7.91. The predicted molar refractivity (Wildman–Crippen MR) is 116 cm³/mol. The lowest BCUT2D eigenvalue weighted by molar-refractivity contribution is -0.139. The number of hydrogen-bond acceptors (Lipinski definition) is 4. The van der Waals surface area contributed by atoms with Crippen LogP contribution in [0.15, 0.2) is 48.5 Å². The van der Waals surface area contributed by atoms with Crippen LogP contribution >= 0.6 is 11.6 Å². The van der Waals surface area contributed by atoms with Crippen LogP contribution in [-0.2, 0) is 16.1 Å². The molecule has 0 aliphatic heterocycles. The third-order valence-corrected chi connectivity index (χ3v) is 6.13. The minimum absolute atomic E-state index is 0.0566. The van der Waals surface area contributed by atoms with Gasteiger partial charge in [0.05, 0.1) is 23.0 Å².